The van der Waals surface area contributed by atoms with Gasteiger partial charge in [-0.05, 0) is 55.8 Å². The number of hydrogen-bond acceptors (Lipinski definition) is 5. The lowest BCUT2D eigenvalue weighted by molar-refractivity contribution is 0.0585. The van der Waals surface area contributed by atoms with Crippen LogP contribution in [0.2, 0.25) is 0 Å². The van der Waals surface area contributed by atoms with Gasteiger partial charge in [0.25, 0.3) is 5.91 Å². The lowest BCUT2D eigenvalue weighted by atomic mass is 10.1. The molecule has 0 aliphatic carbocycles. The minimum atomic E-state index is -1.01. The van der Waals surface area contributed by atoms with Gasteiger partial charge in [0.15, 0.2) is 11.6 Å². The van der Waals surface area contributed by atoms with Crippen molar-refractivity contribution in [1.29, 1.82) is 0 Å². The molecular formula is C27H25F2N3O4. The molecule has 9 heteroatoms. The number of carbonyl (C=O) groups is 2. The van der Waals surface area contributed by atoms with Crippen LogP contribution in [0.5, 0.6) is 5.75 Å². The van der Waals surface area contributed by atoms with Gasteiger partial charge < -0.3 is 19.4 Å². The molecule has 7 nitrogen and oxygen atoms in total. The van der Waals surface area contributed by atoms with E-state index in [-0.39, 0.29) is 30.5 Å². The van der Waals surface area contributed by atoms with Gasteiger partial charge in [0.05, 0.1) is 36.5 Å². The van der Waals surface area contributed by atoms with Crippen LogP contribution in [0.3, 0.4) is 0 Å². The third-order valence-corrected chi connectivity index (χ3v) is 5.50. The van der Waals surface area contributed by atoms with Crippen molar-refractivity contribution in [3.63, 3.8) is 0 Å². The Bertz CT molecular complexity index is 1420. The molecule has 4 rings (SSSR count). The van der Waals surface area contributed by atoms with Gasteiger partial charge in [0, 0.05) is 24.2 Å². The third-order valence-electron chi connectivity index (χ3n) is 5.50. The highest BCUT2D eigenvalue weighted by Gasteiger charge is 2.28. The van der Waals surface area contributed by atoms with Crippen LogP contribution in [-0.4, -0.2) is 34.6 Å². The number of amides is 1. The molecule has 0 aliphatic heterocycles. The van der Waals surface area contributed by atoms with E-state index < -0.39 is 23.5 Å². The number of nitrogens with zero attached hydrogens (tertiary/aromatic N) is 2. The maximum Gasteiger partial charge on any atom is 0.355 e. The highest BCUT2D eigenvalue weighted by Crippen LogP contribution is 2.31. The molecule has 0 spiro atoms. The second-order valence-corrected chi connectivity index (χ2v) is 8.40. The normalized spacial score (nSPS) is 11.1. The van der Waals surface area contributed by atoms with Gasteiger partial charge in [0.1, 0.15) is 11.4 Å². The minimum absolute atomic E-state index is 0.0441. The van der Waals surface area contributed by atoms with E-state index in [1.54, 1.807) is 35.0 Å². The highest BCUT2D eigenvalue weighted by atomic mass is 19.2. The fourth-order valence-electron chi connectivity index (χ4n) is 3.95. The van der Waals surface area contributed by atoms with E-state index in [0.29, 0.717) is 27.9 Å². The van der Waals surface area contributed by atoms with Crippen LogP contribution in [0, 0.1) is 11.6 Å². The summed E-state index contributed by atoms with van der Waals surface area (Å²) in [7, 11) is 1.24. The van der Waals surface area contributed by atoms with Gasteiger partial charge in [-0.3, -0.25) is 9.78 Å². The van der Waals surface area contributed by atoms with Crippen molar-refractivity contribution < 1.29 is 27.8 Å². The lowest BCUT2D eigenvalue weighted by Gasteiger charge is -2.12. The fraction of sp³-hybridized carbons (Fsp3) is 0.222. The molecule has 0 atom stereocenters. The maximum atomic E-state index is 13.6. The number of halogens is 2. The molecule has 2 aromatic carbocycles. The molecule has 0 saturated heterocycles. The summed E-state index contributed by atoms with van der Waals surface area (Å²) >= 11 is 0. The Morgan fingerprint density at radius 2 is 1.86 bits per heavy atom. The summed E-state index contributed by atoms with van der Waals surface area (Å²) in [5.41, 5.74) is 1.77. The van der Waals surface area contributed by atoms with Gasteiger partial charge in [-0.2, -0.15) is 0 Å². The average molecular weight is 494 g/mol. The predicted molar refractivity (Wildman–Crippen MR) is 130 cm³/mol. The van der Waals surface area contributed by atoms with Crippen LogP contribution in [0.1, 0.15) is 46.0 Å². The summed E-state index contributed by atoms with van der Waals surface area (Å²) in [6.45, 7) is 3.92. The molecule has 0 aliphatic rings. The summed E-state index contributed by atoms with van der Waals surface area (Å²) in [6.07, 6.45) is 1.56. The molecule has 36 heavy (non-hydrogen) atoms. The van der Waals surface area contributed by atoms with Crippen LogP contribution < -0.4 is 10.1 Å². The number of hydrogen-bond donors (Lipinski definition) is 1. The van der Waals surface area contributed by atoms with Crippen LogP contribution in [0.4, 0.5) is 8.78 Å². The molecule has 186 valence electrons. The van der Waals surface area contributed by atoms with Crippen LogP contribution >= 0.6 is 0 Å². The van der Waals surface area contributed by atoms with Crippen molar-refractivity contribution >= 4 is 22.8 Å². The summed E-state index contributed by atoms with van der Waals surface area (Å²) in [4.78, 5) is 30.7. The average Bonchev–Trinajstić information content (AvgIpc) is 3.17. The van der Waals surface area contributed by atoms with Gasteiger partial charge in [-0.25, -0.2) is 13.6 Å². The Kier molecular flexibility index (Phi) is 7.28. The van der Waals surface area contributed by atoms with Crippen molar-refractivity contribution in [3.8, 4) is 5.75 Å². The standard InChI is InChI=1S/C27H25F2N3O4/c1-16(2)36-19-8-9-20-23(13-19)32(15-18-6-4-5-11-30-18)25(27(34)35-3)24(20)26(33)31-14-17-7-10-21(28)22(29)12-17/h4-13,16H,14-15H2,1-3H3,(H,31,33). The summed E-state index contributed by atoms with van der Waals surface area (Å²) in [5, 5.41) is 3.21. The highest BCUT2D eigenvalue weighted by molar-refractivity contribution is 6.15. The largest absolute Gasteiger partial charge is 0.491 e. The number of carbonyl (C=O) groups excluding carboxylic acids is 2. The van der Waals surface area contributed by atoms with E-state index in [0.717, 1.165) is 12.1 Å². The molecule has 0 radical (unpaired) electrons. The van der Waals surface area contributed by atoms with Crippen LogP contribution in [0.15, 0.2) is 60.8 Å². The first-order valence-corrected chi connectivity index (χ1v) is 11.3. The van der Waals surface area contributed by atoms with Crippen molar-refractivity contribution in [1.82, 2.24) is 14.9 Å². The van der Waals surface area contributed by atoms with E-state index >= 15 is 0 Å². The molecule has 4 aromatic rings. The predicted octanol–water partition coefficient (Wildman–Crippen LogP) is 4.87. The number of nitrogens with one attached hydrogen (secondary N) is 1. The Labute approximate surface area is 206 Å². The first kappa shape index (κ1) is 24.8. The zero-order chi connectivity index (χ0) is 25.8. The number of aromatic nitrogens is 2. The number of ether oxygens (including phenoxy) is 2. The van der Waals surface area contributed by atoms with E-state index in [9.17, 15) is 18.4 Å². The van der Waals surface area contributed by atoms with Gasteiger partial charge in [-0.1, -0.05) is 12.1 Å². The molecular weight excluding hydrogens is 468 g/mol. The quantitative estimate of drug-likeness (QED) is 0.354. The van der Waals surface area contributed by atoms with Crippen LogP contribution in [-0.2, 0) is 17.8 Å². The van der Waals surface area contributed by atoms with E-state index in [2.05, 4.69) is 10.3 Å². The fourth-order valence-corrected chi connectivity index (χ4v) is 3.95. The van der Waals surface area contributed by atoms with Gasteiger partial charge in [-0.15, -0.1) is 0 Å². The number of rotatable bonds is 8. The smallest absolute Gasteiger partial charge is 0.355 e. The minimum Gasteiger partial charge on any atom is -0.491 e. The molecule has 0 unspecified atom stereocenters. The van der Waals surface area contributed by atoms with Crippen LogP contribution in [0.25, 0.3) is 10.9 Å². The molecule has 0 bridgehead atoms. The number of fused-ring (bicyclic) bond motifs is 1. The SMILES string of the molecule is COC(=O)c1c(C(=O)NCc2ccc(F)c(F)c2)c2ccc(OC(C)C)cc2n1Cc1ccccn1. The molecule has 1 amide bonds. The van der Waals surface area contributed by atoms with Gasteiger partial charge >= 0.3 is 5.97 Å². The Balaban J connectivity index is 1.82. The third kappa shape index (κ3) is 5.19. The Morgan fingerprint density at radius 1 is 1.06 bits per heavy atom. The molecule has 0 saturated carbocycles. The monoisotopic (exact) mass is 493 g/mol. The number of methoxy groups -OCH3 is 1. The maximum absolute atomic E-state index is 13.6. The van der Waals surface area contributed by atoms with Crippen molar-refractivity contribution in [2.45, 2.75) is 33.0 Å². The molecule has 0 fully saturated rings. The Hall–Kier alpha value is -4.27. The first-order chi connectivity index (χ1) is 17.3. The first-order valence-electron chi connectivity index (χ1n) is 11.3. The zero-order valence-corrected chi connectivity index (χ0v) is 20.0. The molecule has 2 aromatic heterocycles. The summed E-state index contributed by atoms with van der Waals surface area (Å²) < 4.78 is 39.4. The zero-order valence-electron chi connectivity index (χ0n) is 20.0. The van der Waals surface area contributed by atoms with Crippen molar-refractivity contribution in [2.24, 2.45) is 0 Å². The van der Waals surface area contributed by atoms with Crippen molar-refractivity contribution in [2.75, 3.05) is 7.11 Å². The topological polar surface area (TPSA) is 82.5 Å². The number of benzene rings is 2. The number of esters is 1. The summed E-state index contributed by atoms with van der Waals surface area (Å²) in [5.74, 6) is -2.69. The van der Waals surface area contributed by atoms with Crippen molar-refractivity contribution in [3.05, 3.63) is 94.9 Å². The Morgan fingerprint density at radius 3 is 2.53 bits per heavy atom. The second-order valence-electron chi connectivity index (χ2n) is 8.40. The van der Waals surface area contributed by atoms with Gasteiger partial charge in [0.2, 0.25) is 0 Å². The lowest BCUT2D eigenvalue weighted by Crippen LogP contribution is -2.26. The molecule has 1 N–H and O–H groups in total. The number of pyridine rings is 1. The molecule has 2 heterocycles. The van der Waals surface area contributed by atoms with E-state index in [4.69, 9.17) is 9.47 Å². The second kappa shape index (κ2) is 10.6. The summed E-state index contributed by atoms with van der Waals surface area (Å²) in [6, 6.07) is 14.0. The van der Waals surface area contributed by atoms with E-state index in [1.807, 2.05) is 26.0 Å². The van der Waals surface area contributed by atoms with E-state index in [1.165, 1.54) is 13.2 Å².